The molecule has 0 aromatic heterocycles. The summed E-state index contributed by atoms with van der Waals surface area (Å²) in [7, 11) is 1.66. The van der Waals surface area contributed by atoms with Gasteiger partial charge in [0.25, 0.3) is 0 Å². The van der Waals surface area contributed by atoms with Gasteiger partial charge < -0.3 is 24.6 Å². The molecule has 0 bridgehead atoms. The molecule has 0 saturated carbocycles. The number of nitrogens with zero attached hydrogens (tertiary/aromatic N) is 2. The molecule has 1 fully saturated rings. The maximum Gasteiger partial charge on any atom is 0.409 e. The molecule has 0 spiro atoms. The monoisotopic (exact) mass is 363 g/mol. The zero-order valence-corrected chi connectivity index (χ0v) is 15.7. The van der Waals surface area contributed by atoms with Gasteiger partial charge in [0.15, 0.2) is 0 Å². The second kappa shape index (κ2) is 10.7. The summed E-state index contributed by atoms with van der Waals surface area (Å²) in [5.41, 5.74) is 1.21. The Morgan fingerprint density at radius 3 is 2.54 bits per heavy atom. The van der Waals surface area contributed by atoms with Gasteiger partial charge in [0.05, 0.1) is 13.7 Å². The van der Waals surface area contributed by atoms with E-state index in [1.54, 1.807) is 18.9 Å². The number of carbonyl (C=O) groups is 2. The second-order valence-corrected chi connectivity index (χ2v) is 6.17. The van der Waals surface area contributed by atoms with E-state index in [4.69, 9.17) is 9.47 Å². The van der Waals surface area contributed by atoms with Crippen molar-refractivity contribution in [3.63, 3.8) is 0 Å². The first-order chi connectivity index (χ1) is 12.6. The molecule has 144 valence electrons. The van der Waals surface area contributed by atoms with Gasteiger partial charge in [-0.3, -0.25) is 4.79 Å². The van der Waals surface area contributed by atoms with Gasteiger partial charge in [0, 0.05) is 39.1 Å². The fourth-order valence-corrected chi connectivity index (χ4v) is 2.89. The van der Waals surface area contributed by atoms with Gasteiger partial charge in [-0.15, -0.1) is 0 Å². The van der Waals surface area contributed by atoms with Crippen molar-refractivity contribution in [1.29, 1.82) is 0 Å². The van der Waals surface area contributed by atoms with Crippen LogP contribution in [-0.2, 0) is 16.0 Å². The molecular formula is C19H29N3O4. The van der Waals surface area contributed by atoms with E-state index >= 15 is 0 Å². The number of hydrogen-bond acceptors (Lipinski definition) is 5. The summed E-state index contributed by atoms with van der Waals surface area (Å²) < 4.78 is 10.2. The van der Waals surface area contributed by atoms with E-state index in [1.807, 2.05) is 23.1 Å². The molecule has 0 atom stereocenters. The first-order valence-electron chi connectivity index (χ1n) is 9.17. The minimum atomic E-state index is -0.293. The van der Waals surface area contributed by atoms with Gasteiger partial charge in [-0.05, 0) is 37.6 Å². The van der Waals surface area contributed by atoms with Gasteiger partial charge in [0.2, 0.25) is 5.91 Å². The smallest absolute Gasteiger partial charge is 0.409 e. The van der Waals surface area contributed by atoms with Crippen molar-refractivity contribution in [3.8, 4) is 5.75 Å². The Bertz CT molecular complexity index is 586. The normalized spacial score (nSPS) is 14.2. The molecule has 2 rings (SSSR count). The number of rotatable bonds is 8. The third-order valence-electron chi connectivity index (χ3n) is 4.40. The number of amides is 2. The largest absolute Gasteiger partial charge is 0.497 e. The molecule has 1 aromatic rings. The lowest BCUT2D eigenvalue weighted by molar-refractivity contribution is -0.132. The van der Waals surface area contributed by atoms with Crippen LogP contribution in [0.4, 0.5) is 4.79 Å². The zero-order chi connectivity index (χ0) is 18.8. The minimum absolute atomic E-state index is 0.127. The van der Waals surface area contributed by atoms with Gasteiger partial charge in [-0.1, -0.05) is 12.1 Å². The molecule has 1 aliphatic heterocycles. The summed E-state index contributed by atoms with van der Waals surface area (Å²) in [6.45, 7) is 5.85. The van der Waals surface area contributed by atoms with Crippen molar-refractivity contribution >= 4 is 12.0 Å². The second-order valence-electron chi connectivity index (χ2n) is 6.17. The van der Waals surface area contributed by atoms with Crippen molar-refractivity contribution in [3.05, 3.63) is 29.8 Å². The highest BCUT2D eigenvalue weighted by atomic mass is 16.6. The maximum absolute atomic E-state index is 12.3. The van der Waals surface area contributed by atoms with Crippen molar-refractivity contribution in [1.82, 2.24) is 15.1 Å². The summed E-state index contributed by atoms with van der Waals surface area (Å²) in [5.74, 6) is 0.988. The number of carbonyl (C=O) groups excluding carboxylic acids is 2. The van der Waals surface area contributed by atoms with E-state index in [1.165, 1.54) is 5.56 Å². The van der Waals surface area contributed by atoms with E-state index in [0.29, 0.717) is 45.8 Å². The average molecular weight is 363 g/mol. The summed E-state index contributed by atoms with van der Waals surface area (Å²) >= 11 is 0. The van der Waals surface area contributed by atoms with E-state index in [0.717, 1.165) is 18.7 Å². The van der Waals surface area contributed by atoms with Crippen LogP contribution in [-0.4, -0.2) is 74.8 Å². The Hall–Kier alpha value is -2.28. The zero-order valence-electron chi connectivity index (χ0n) is 15.7. The van der Waals surface area contributed by atoms with Crippen molar-refractivity contribution < 1.29 is 19.1 Å². The Kier molecular flexibility index (Phi) is 8.21. The lowest BCUT2D eigenvalue weighted by atomic mass is 10.1. The van der Waals surface area contributed by atoms with E-state index in [9.17, 15) is 9.59 Å². The maximum atomic E-state index is 12.3. The summed E-state index contributed by atoms with van der Waals surface area (Å²) in [6.07, 6.45) is 1.07. The number of hydrogen-bond donors (Lipinski definition) is 1. The summed E-state index contributed by atoms with van der Waals surface area (Å²) in [4.78, 5) is 27.4. The molecule has 7 heteroatoms. The van der Waals surface area contributed by atoms with Gasteiger partial charge >= 0.3 is 6.09 Å². The number of nitrogens with one attached hydrogen (secondary N) is 1. The molecule has 0 unspecified atom stereocenters. The van der Waals surface area contributed by atoms with Crippen LogP contribution < -0.4 is 10.1 Å². The Morgan fingerprint density at radius 2 is 1.85 bits per heavy atom. The van der Waals surface area contributed by atoms with Crippen LogP contribution in [0.25, 0.3) is 0 Å². The standard InChI is InChI=1S/C19H29N3O4/c1-3-26-19(24)22-13-11-21(12-14-22)18(23)8-10-20-9-7-16-5-4-6-17(15-16)25-2/h4-6,15,20H,3,7-14H2,1-2H3. The predicted octanol–water partition coefficient (Wildman–Crippen LogP) is 1.52. The van der Waals surface area contributed by atoms with Crippen molar-refractivity contribution in [2.45, 2.75) is 19.8 Å². The van der Waals surface area contributed by atoms with Gasteiger partial charge in [-0.25, -0.2) is 4.79 Å². The molecule has 0 radical (unpaired) electrons. The third kappa shape index (κ3) is 6.22. The van der Waals surface area contributed by atoms with Crippen LogP contribution in [0.1, 0.15) is 18.9 Å². The van der Waals surface area contributed by atoms with Crippen LogP contribution in [0.3, 0.4) is 0 Å². The highest BCUT2D eigenvalue weighted by molar-refractivity contribution is 5.77. The van der Waals surface area contributed by atoms with Crippen molar-refractivity contribution in [2.75, 3.05) is 53.0 Å². The van der Waals surface area contributed by atoms with Crippen LogP contribution >= 0.6 is 0 Å². The lowest BCUT2D eigenvalue weighted by Crippen LogP contribution is -2.51. The SMILES string of the molecule is CCOC(=O)N1CCN(C(=O)CCNCCc2cccc(OC)c2)CC1. The lowest BCUT2D eigenvalue weighted by Gasteiger charge is -2.34. The van der Waals surface area contributed by atoms with E-state index in [2.05, 4.69) is 11.4 Å². The molecule has 7 nitrogen and oxygen atoms in total. The average Bonchev–Trinajstić information content (AvgIpc) is 2.68. The summed E-state index contributed by atoms with van der Waals surface area (Å²) in [5, 5.41) is 3.31. The highest BCUT2D eigenvalue weighted by Gasteiger charge is 2.24. The number of methoxy groups -OCH3 is 1. The van der Waals surface area contributed by atoms with Crippen LogP contribution in [0.15, 0.2) is 24.3 Å². The van der Waals surface area contributed by atoms with Crippen LogP contribution in [0.2, 0.25) is 0 Å². The first-order valence-corrected chi connectivity index (χ1v) is 9.17. The molecule has 1 saturated heterocycles. The van der Waals surface area contributed by atoms with E-state index in [-0.39, 0.29) is 12.0 Å². The quantitative estimate of drug-likeness (QED) is 0.709. The molecule has 0 aliphatic carbocycles. The predicted molar refractivity (Wildman–Crippen MR) is 99.4 cm³/mol. The summed E-state index contributed by atoms with van der Waals surface area (Å²) in [6, 6.07) is 8.00. The third-order valence-corrected chi connectivity index (χ3v) is 4.40. The molecular weight excluding hydrogens is 334 g/mol. The topological polar surface area (TPSA) is 71.1 Å². The Balaban J connectivity index is 1.60. The number of ether oxygens (including phenoxy) is 2. The van der Waals surface area contributed by atoms with Gasteiger partial charge in [0.1, 0.15) is 5.75 Å². The first kappa shape index (κ1) is 20.0. The van der Waals surface area contributed by atoms with Crippen LogP contribution in [0, 0.1) is 0 Å². The molecule has 2 amide bonds. The minimum Gasteiger partial charge on any atom is -0.497 e. The van der Waals surface area contributed by atoms with Crippen molar-refractivity contribution in [2.24, 2.45) is 0 Å². The Morgan fingerprint density at radius 1 is 1.12 bits per heavy atom. The number of piperazine rings is 1. The van der Waals surface area contributed by atoms with E-state index < -0.39 is 0 Å². The highest BCUT2D eigenvalue weighted by Crippen LogP contribution is 2.12. The van der Waals surface area contributed by atoms with Crippen LogP contribution in [0.5, 0.6) is 5.75 Å². The molecule has 1 N–H and O–H groups in total. The number of benzene rings is 1. The Labute approximate surface area is 155 Å². The molecule has 1 aliphatic rings. The molecule has 1 heterocycles. The fraction of sp³-hybridized carbons (Fsp3) is 0.579. The fourth-order valence-electron chi connectivity index (χ4n) is 2.89. The molecule has 1 aromatic carbocycles. The van der Waals surface area contributed by atoms with Gasteiger partial charge in [-0.2, -0.15) is 0 Å². The molecule has 26 heavy (non-hydrogen) atoms.